The van der Waals surface area contributed by atoms with E-state index in [1.54, 1.807) is 0 Å². The van der Waals surface area contributed by atoms with Crippen molar-refractivity contribution in [3.63, 3.8) is 0 Å². The molecule has 1 aromatic carbocycles. The van der Waals surface area contributed by atoms with Crippen LogP contribution in [0.3, 0.4) is 0 Å². The summed E-state index contributed by atoms with van der Waals surface area (Å²) in [6, 6.07) is 9.90. The Labute approximate surface area is 223 Å². The van der Waals surface area contributed by atoms with Gasteiger partial charge in [-0.15, -0.1) is 0 Å². The number of ether oxygens (including phenoxy) is 1. The molecule has 4 saturated carbocycles. The Morgan fingerprint density at radius 3 is 2.49 bits per heavy atom. The van der Waals surface area contributed by atoms with Gasteiger partial charge in [0.25, 0.3) is 0 Å². The average Bonchev–Trinajstić information content (AvgIpc) is 3.23. The van der Waals surface area contributed by atoms with E-state index in [1.807, 2.05) is 30.3 Å². The van der Waals surface area contributed by atoms with E-state index in [9.17, 15) is 15.0 Å². The second kappa shape index (κ2) is 10.9. The number of aliphatic hydroxyl groups is 2. The van der Waals surface area contributed by atoms with Gasteiger partial charge in [0.05, 0.1) is 18.8 Å². The van der Waals surface area contributed by atoms with E-state index in [1.165, 1.54) is 25.7 Å². The molecule has 0 heterocycles. The molecule has 4 aliphatic rings. The van der Waals surface area contributed by atoms with Crippen molar-refractivity contribution in [3.8, 4) is 0 Å². The first kappa shape index (κ1) is 27.0. The molecule has 0 bridgehead atoms. The van der Waals surface area contributed by atoms with Gasteiger partial charge in [-0.1, -0.05) is 57.5 Å². The number of hydrogen-bond acceptors (Lipinski definition) is 4. The van der Waals surface area contributed by atoms with Crippen molar-refractivity contribution < 1.29 is 19.7 Å². The summed E-state index contributed by atoms with van der Waals surface area (Å²) in [7, 11) is 0. The van der Waals surface area contributed by atoms with Gasteiger partial charge >= 0.3 is 6.09 Å². The fraction of sp³-hybridized carbons (Fsp3) is 0.781. The first-order valence-electron chi connectivity index (χ1n) is 15.1. The molecule has 5 heteroatoms. The summed E-state index contributed by atoms with van der Waals surface area (Å²) in [6.07, 6.45) is 10.0. The number of nitrogens with one attached hydrogen (secondary N) is 1. The SMILES string of the molecule is CC[C@H]1[C@@H](O)[C@@H]2[C@H](CC[C@]3(C)[C@@H](CCCOC(=O)NCc4ccccc4)CC[C@@H]23)[C@@]2(C)CC[C@@H](O)C[C@@H]12. The largest absolute Gasteiger partial charge is 0.450 e. The van der Waals surface area contributed by atoms with Gasteiger partial charge in [0.1, 0.15) is 0 Å². The van der Waals surface area contributed by atoms with Crippen LogP contribution in [0.2, 0.25) is 0 Å². The molecule has 206 valence electrons. The zero-order chi connectivity index (χ0) is 26.2. The van der Waals surface area contributed by atoms with Crippen molar-refractivity contribution in [2.75, 3.05) is 6.61 Å². The van der Waals surface area contributed by atoms with Crippen LogP contribution in [0.25, 0.3) is 0 Å². The number of rotatable bonds is 7. The van der Waals surface area contributed by atoms with Crippen LogP contribution in [0.5, 0.6) is 0 Å². The summed E-state index contributed by atoms with van der Waals surface area (Å²) in [4.78, 5) is 12.1. The zero-order valence-electron chi connectivity index (χ0n) is 23.2. The summed E-state index contributed by atoms with van der Waals surface area (Å²) in [5.41, 5.74) is 1.59. The number of carbonyl (C=O) groups excluding carboxylic acids is 1. The van der Waals surface area contributed by atoms with Gasteiger partial charge in [-0.25, -0.2) is 4.79 Å². The number of alkyl carbamates (subject to hydrolysis) is 1. The van der Waals surface area contributed by atoms with Crippen LogP contribution >= 0.6 is 0 Å². The first-order chi connectivity index (χ1) is 17.8. The minimum atomic E-state index is -0.337. The molecular weight excluding hydrogens is 462 g/mol. The average molecular weight is 512 g/mol. The minimum Gasteiger partial charge on any atom is -0.450 e. The molecule has 1 aromatic rings. The van der Waals surface area contributed by atoms with Crippen LogP contribution in [0.1, 0.15) is 90.5 Å². The maximum atomic E-state index is 12.1. The monoisotopic (exact) mass is 511 g/mol. The van der Waals surface area contributed by atoms with Crippen molar-refractivity contribution in [3.05, 3.63) is 35.9 Å². The standard InChI is InChI=1S/C32H49NO4/c1-4-24-27-19-23(34)14-16-32(27,3)26-15-17-31(2)22(12-13-25(31)28(26)29(24)35)11-8-18-37-30(36)33-20-21-9-6-5-7-10-21/h5-7,9-10,22-29,34-35H,4,8,11-20H2,1-3H3,(H,33,36)/t22-,23+,24+,25-,26-,27-,28-,29+,31+,32+/m0/s1. The molecular formula is C32H49NO4. The fourth-order valence-electron chi connectivity index (χ4n) is 9.86. The number of aliphatic hydroxyl groups excluding tert-OH is 2. The van der Waals surface area contributed by atoms with Crippen molar-refractivity contribution in [1.82, 2.24) is 5.32 Å². The van der Waals surface area contributed by atoms with Crippen molar-refractivity contribution in [2.24, 2.45) is 46.3 Å². The summed E-state index contributed by atoms with van der Waals surface area (Å²) >= 11 is 0. The Balaban J connectivity index is 1.18. The maximum absolute atomic E-state index is 12.1. The van der Waals surface area contributed by atoms with Crippen LogP contribution in [-0.4, -0.2) is 35.1 Å². The summed E-state index contributed by atoms with van der Waals surface area (Å²) in [5, 5.41) is 25.2. The Hall–Kier alpha value is -1.59. The highest BCUT2D eigenvalue weighted by atomic mass is 16.5. The number of hydrogen-bond donors (Lipinski definition) is 3. The van der Waals surface area contributed by atoms with Crippen LogP contribution in [0, 0.1) is 46.3 Å². The molecule has 0 radical (unpaired) electrons. The lowest BCUT2D eigenvalue weighted by atomic mass is 9.41. The normalized spacial score (nSPS) is 42.8. The summed E-state index contributed by atoms with van der Waals surface area (Å²) in [6.45, 7) is 8.21. The molecule has 0 saturated heterocycles. The van der Waals surface area contributed by atoms with Crippen molar-refractivity contribution in [2.45, 2.75) is 104 Å². The van der Waals surface area contributed by atoms with E-state index in [2.05, 4.69) is 26.1 Å². The highest BCUT2D eigenvalue weighted by Gasteiger charge is 2.64. The van der Waals surface area contributed by atoms with Gasteiger partial charge < -0.3 is 20.3 Å². The Morgan fingerprint density at radius 1 is 1.00 bits per heavy atom. The van der Waals surface area contributed by atoms with E-state index in [4.69, 9.17) is 4.74 Å². The quantitative estimate of drug-likeness (QED) is 0.374. The first-order valence-corrected chi connectivity index (χ1v) is 15.1. The zero-order valence-corrected chi connectivity index (χ0v) is 23.2. The molecule has 0 aromatic heterocycles. The number of benzene rings is 1. The molecule has 1 amide bonds. The lowest BCUT2D eigenvalue weighted by Gasteiger charge is -2.64. The van der Waals surface area contributed by atoms with Crippen LogP contribution in [0.15, 0.2) is 30.3 Å². The molecule has 5 nitrogen and oxygen atoms in total. The van der Waals surface area contributed by atoms with E-state index in [-0.39, 0.29) is 29.1 Å². The molecule has 3 N–H and O–H groups in total. The van der Waals surface area contributed by atoms with E-state index in [0.717, 1.165) is 44.1 Å². The van der Waals surface area contributed by atoms with Gasteiger partial charge in [0.15, 0.2) is 0 Å². The minimum absolute atomic E-state index is 0.191. The Kier molecular flexibility index (Phi) is 7.94. The Morgan fingerprint density at radius 2 is 1.73 bits per heavy atom. The van der Waals surface area contributed by atoms with Gasteiger partial charge in [0, 0.05) is 6.54 Å². The van der Waals surface area contributed by atoms with Gasteiger partial charge in [-0.2, -0.15) is 0 Å². The second-order valence-electron chi connectivity index (χ2n) is 13.3. The smallest absolute Gasteiger partial charge is 0.407 e. The molecule has 4 aliphatic carbocycles. The highest BCUT2D eigenvalue weighted by molar-refractivity contribution is 5.67. The third-order valence-corrected chi connectivity index (χ3v) is 11.8. The van der Waals surface area contributed by atoms with Crippen LogP contribution < -0.4 is 5.32 Å². The summed E-state index contributed by atoms with van der Waals surface area (Å²) < 4.78 is 5.49. The van der Waals surface area contributed by atoms with Gasteiger partial charge in [-0.05, 0) is 110 Å². The Bertz CT molecular complexity index is 923. The number of amides is 1. The van der Waals surface area contributed by atoms with Crippen molar-refractivity contribution >= 4 is 6.09 Å². The van der Waals surface area contributed by atoms with Crippen LogP contribution in [0.4, 0.5) is 4.79 Å². The lowest BCUT2D eigenvalue weighted by molar-refractivity contribution is -0.202. The predicted octanol–water partition coefficient (Wildman–Crippen LogP) is 6.32. The lowest BCUT2D eigenvalue weighted by Crippen LogP contribution is -2.62. The second-order valence-corrected chi connectivity index (χ2v) is 13.3. The van der Waals surface area contributed by atoms with Crippen molar-refractivity contribution in [1.29, 1.82) is 0 Å². The topological polar surface area (TPSA) is 78.8 Å². The fourth-order valence-corrected chi connectivity index (χ4v) is 9.86. The van der Waals surface area contributed by atoms with Gasteiger partial charge in [0.2, 0.25) is 0 Å². The highest BCUT2D eigenvalue weighted by Crippen LogP contribution is 2.69. The molecule has 0 aliphatic heterocycles. The van der Waals surface area contributed by atoms with Crippen LogP contribution in [-0.2, 0) is 11.3 Å². The van der Waals surface area contributed by atoms with E-state index >= 15 is 0 Å². The molecule has 5 rings (SSSR count). The van der Waals surface area contributed by atoms with Gasteiger partial charge in [-0.3, -0.25) is 0 Å². The summed E-state index contributed by atoms with van der Waals surface area (Å²) in [5.74, 6) is 2.96. The number of carbonyl (C=O) groups is 1. The van der Waals surface area contributed by atoms with E-state index < -0.39 is 0 Å². The van der Waals surface area contributed by atoms with E-state index in [0.29, 0.717) is 48.7 Å². The maximum Gasteiger partial charge on any atom is 0.407 e. The predicted molar refractivity (Wildman–Crippen MR) is 146 cm³/mol. The number of fused-ring (bicyclic) bond motifs is 5. The molecule has 0 unspecified atom stereocenters. The third-order valence-electron chi connectivity index (χ3n) is 11.8. The molecule has 0 spiro atoms. The molecule has 4 fully saturated rings. The molecule has 37 heavy (non-hydrogen) atoms. The third kappa shape index (κ3) is 4.95. The molecule has 10 atom stereocenters.